The van der Waals surface area contributed by atoms with Crippen molar-refractivity contribution in [3.8, 4) is 0 Å². The first-order valence-corrected chi connectivity index (χ1v) is 11.0. The van der Waals surface area contributed by atoms with Crippen LogP contribution in [0.5, 0.6) is 0 Å². The summed E-state index contributed by atoms with van der Waals surface area (Å²) < 4.78 is 13.6. The molecule has 5 rings (SSSR count). The van der Waals surface area contributed by atoms with Gasteiger partial charge in [0.1, 0.15) is 17.3 Å². The van der Waals surface area contributed by atoms with Gasteiger partial charge in [-0.05, 0) is 24.3 Å². The summed E-state index contributed by atoms with van der Waals surface area (Å²) in [5.41, 5.74) is 2.65. The highest BCUT2D eigenvalue weighted by Crippen LogP contribution is 2.29. The number of likely N-dealkylation sites (tertiary alicyclic amines) is 1. The molecule has 0 spiro atoms. The van der Waals surface area contributed by atoms with Gasteiger partial charge in [-0.15, -0.1) is 11.3 Å². The Morgan fingerprint density at radius 2 is 2.10 bits per heavy atom. The molecule has 1 fully saturated rings. The quantitative estimate of drug-likeness (QED) is 0.465. The van der Waals surface area contributed by atoms with Crippen LogP contribution in [0.3, 0.4) is 0 Å². The molecule has 0 bridgehead atoms. The first kappa shape index (κ1) is 19.8. The predicted octanol–water partition coefficient (Wildman–Crippen LogP) is 3.13. The second kappa shape index (κ2) is 8.52. The maximum absolute atomic E-state index is 13.6. The van der Waals surface area contributed by atoms with E-state index >= 15 is 0 Å². The van der Waals surface area contributed by atoms with Crippen LogP contribution in [0.25, 0.3) is 11.0 Å². The lowest BCUT2D eigenvalue weighted by Crippen LogP contribution is -2.45. The number of pyridine rings is 1. The van der Waals surface area contributed by atoms with Gasteiger partial charge >= 0.3 is 0 Å². The Bertz CT molecular complexity index is 1180. The third-order valence-corrected chi connectivity index (χ3v) is 6.42. The Kier molecular flexibility index (Phi) is 5.44. The number of nitrogens with zero attached hydrogens (tertiary/aromatic N) is 4. The summed E-state index contributed by atoms with van der Waals surface area (Å²) in [6, 6.07) is 10.9. The smallest absolute Gasteiger partial charge is 0.271 e. The zero-order valence-electron chi connectivity index (χ0n) is 16.7. The van der Waals surface area contributed by atoms with Crippen molar-refractivity contribution in [2.45, 2.75) is 18.9 Å². The van der Waals surface area contributed by atoms with Gasteiger partial charge in [-0.1, -0.05) is 12.1 Å². The summed E-state index contributed by atoms with van der Waals surface area (Å²) >= 11 is 1.50. The number of thiazole rings is 1. The minimum Gasteiger partial charge on any atom is -0.345 e. The molecule has 1 aliphatic rings. The standard InChI is InChI=1S/C22H21FN6OS/c23-15-4-3-8-24-18(15)10-25-21(30)19-13-31-22(28-19)14-11-29(12-14)9-7-20-26-16-5-1-2-6-17(16)27-20/h1-6,8,13-14H,7,9-12H2,(H,25,30)(H,26,27). The molecule has 0 unspecified atom stereocenters. The number of benzene rings is 1. The van der Waals surface area contributed by atoms with Gasteiger partial charge in [0.25, 0.3) is 5.91 Å². The monoisotopic (exact) mass is 436 g/mol. The summed E-state index contributed by atoms with van der Waals surface area (Å²) in [7, 11) is 0. The SMILES string of the molecule is O=C(NCc1ncccc1F)c1csc(C2CN(CCc3nc4ccccc4[nH]3)C2)n1. The largest absolute Gasteiger partial charge is 0.345 e. The number of rotatable bonds is 7. The molecule has 0 atom stereocenters. The van der Waals surface area contributed by atoms with Crippen molar-refractivity contribution < 1.29 is 9.18 Å². The zero-order chi connectivity index (χ0) is 21.2. The fourth-order valence-corrected chi connectivity index (χ4v) is 4.56. The van der Waals surface area contributed by atoms with Gasteiger partial charge in [0.05, 0.1) is 28.3 Å². The average molecular weight is 437 g/mol. The normalized spacial score (nSPS) is 14.6. The fourth-order valence-electron chi connectivity index (χ4n) is 3.68. The topological polar surface area (TPSA) is 86.8 Å². The van der Waals surface area contributed by atoms with Crippen LogP contribution >= 0.6 is 11.3 Å². The van der Waals surface area contributed by atoms with E-state index in [0.717, 1.165) is 47.9 Å². The predicted molar refractivity (Wildman–Crippen MR) is 116 cm³/mol. The van der Waals surface area contributed by atoms with E-state index in [1.54, 1.807) is 5.38 Å². The Morgan fingerprint density at radius 3 is 2.94 bits per heavy atom. The second-order valence-corrected chi connectivity index (χ2v) is 8.48. The molecule has 4 heterocycles. The molecule has 31 heavy (non-hydrogen) atoms. The number of nitrogens with one attached hydrogen (secondary N) is 2. The van der Waals surface area contributed by atoms with E-state index in [-0.39, 0.29) is 18.1 Å². The third kappa shape index (κ3) is 4.33. The number of carbonyl (C=O) groups is 1. The van der Waals surface area contributed by atoms with Crippen LogP contribution < -0.4 is 5.32 Å². The van der Waals surface area contributed by atoms with E-state index in [2.05, 4.69) is 30.2 Å². The number of fused-ring (bicyclic) bond motifs is 1. The number of aromatic amines is 1. The van der Waals surface area contributed by atoms with Gasteiger partial charge in [0.15, 0.2) is 0 Å². The van der Waals surface area contributed by atoms with Crippen LogP contribution in [0.15, 0.2) is 48.0 Å². The van der Waals surface area contributed by atoms with Gasteiger partial charge in [0, 0.05) is 43.5 Å². The summed E-state index contributed by atoms with van der Waals surface area (Å²) in [6.45, 7) is 2.82. The van der Waals surface area contributed by atoms with E-state index in [1.807, 2.05) is 24.3 Å². The molecule has 3 aromatic heterocycles. The molecule has 0 saturated carbocycles. The Morgan fingerprint density at radius 1 is 1.23 bits per heavy atom. The highest BCUT2D eigenvalue weighted by Gasteiger charge is 2.30. The lowest BCUT2D eigenvalue weighted by Gasteiger charge is -2.37. The number of carbonyl (C=O) groups excluding carboxylic acids is 1. The average Bonchev–Trinajstić information content (AvgIpc) is 3.39. The summed E-state index contributed by atoms with van der Waals surface area (Å²) in [4.78, 5) is 31.1. The minimum atomic E-state index is -0.432. The molecular formula is C22H21FN6OS. The van der Waals surface area contributed by atoms with Crippen LogP contribution in [0.2, 0.25) is 0 Å². The van der Waals surface area contributed by atoms with Gasteiger partial charge in [-0.25, -0.2) is 14.4 Å². The molecule has 1 aromatic carbocycles. The molecule has 1 amide bonds. The second-order valence-electron chi connectivity index (χ2n) is 7.59. The number of amides is 1. The molecular weight excluding hydrogens is 415 g/mol. The number of hydrogen-bond donors (Lipinski definition) is 2. The van der Waals surface area contributed by atoms with Gasteiger partial charge < -0.3 is 15.2 Å². The molecule has 0 radical (unpaired) electrons. The Labute approximate surface area is 182 Å². The fraction of sp³-hybridized carbons (Fsp3) is 0.273. The van der Waals surface area contributed by atoms with E-state index < -0.39 is 5.82 Å². The van der Waals surface area contributed by atoms with Crippen molar-refractivity contribution in [3.63, 3.8) is 0 Å². The number of aromatic nitrogens is 4. The van der Waals surface area contributed by atoms with E-state index in [0.29, 0.717) is 11.6 Å². The first-order chi connectivity index (χ1) is 15.2. The highest BCUT2D eigenvalue weighted by atomic mass is 32.1. The van der Waals surface area contributed by atoms with Crippen molar-refractivity contribution >= 4 is 28.3 Å². The van der Waals surface area contributed by atoms with Crippen LogP contribution in [0.4, 0.5) is 4.39 Å². The highest BCUT2D eigenvalue weighted by molar-refractivity contribution is 7.10. The molecule has 7 nitrogen and oxygen atoms in total. The summed E-state index contributed by atoms with van der Waals surface area (Å²) in [5.74, 6) is 0.602. The summed E-state index contributed by atoms with van der Waals surface area (Å²) in [6.07, 6.45) is 2.37. The molecule has 9 heteroatoms. The number of H-pyrrole nitrogens is 1. The number of hydrogen-bond acceptors (Lipinski definition) is 6. The minimum absolute atomic E-state index is 0.0391. The van der Waals surface area contributed by atoms with Crippen molar-refractivity contribution in [1.29, 1.82) is 0 Å². The summed E-state index contributed by atoms with van der Waals surface area (Å²) in [5, 5.41) is 5.41. The van der Waals surface area contributed by atoms with Crippen molar-refractivity contribution in [2.24, 2.45) is 0 Å². The van der Waals surface area contributed by atoms with E-state index in [4.69, 9.17) is 0 Å². The van der Waals surface area contributed by atoms with Gasteiger partial charge in [-0.3, -0.25) is 9.78 Å². The lowest BCUT2D eigenvalue weighted by molar-refractivity contribution is 0.0945. The first-order valence-electron chi connectivity index (χ1n) is 10.1. The van der Waals surface area contributed by atoms with Crippen LogP contribution in [-0.2, 0) is 13.0 Å². The zero-order valence-corrected chi connectivity index (χ0v) is 17.5. The van der Waals surface area contributed by atoms with Crippen molar-refractivity contribution in [3.05, 3.63) is 76.0 Å². The molecule has 1 saturated heterocycles. The molecule has 158 valence electrons. The van der Waals surface area contributed by atoms with Crippen molar-refractivity contribution in [1.82, 2.24) is 30.2 Å². The van der Waals surface area contributed by atoms with Gasteiger partial charge in [0.2, 0.25) is 0 Å². The molecule has 1 aliphatic heterocycles. The van der Waals surface area contributed by atoms with E-state index in [9.17, 15) is 9.18 Å². The van der Waals surface area contributed by atoms with Crippen LogP contribution in [0, 0.1) is 5.82 Å². The maximum atomic E-state index is 13.6. The molecule has 0 aliphatic carbocycles. The van der Waals surface area contributed by atoms with E-state index in [1.165, 1.54) is 29.7 Å². The lowest BCUT2D eigenvalue weighted by atomic mass is 10.0. The van der Waals surface area contributed by atoms with Crippen LogP contribution in [0.1, 0.15) is 32.9 Å². The van der Waals surface area contributed by atoms with Gasteiger partial charge in [-0.2, -0.15) is 0 Å². The van der Waals surface area contributed by atoms with Crippen molar-refractivity contribution in [2.75, 3.05) is 19.6 Å². The third-order valence-electron chi connectivity index (χ3n) is 5.42. The van der Waals surface area contributed by atoms with Crippen LogP contribution in [-0.4, -0.2) is 50.4 Å². The number of halogens is 1. The Balaban J connectivity index is 1.10. The molecule has 2 N–H and O–H groups in total. The molecule has 4 aromatic rings. The number of imidazole rings is 1. The maximum Gasteiger partial charge on any atom is 0.271 e. The number of para-hydroxylation sites is 2. The Hall–Kier alpha value is -3.17.